The fourth-order valence-corrected chi connectivity index (χ4v) is 2.81. The zero-order valence-corrected chi connectivity index (χ0v) is 11.2. The maximum absolute atomic E-state index is 12.2. The molecule has 1 saturated heterocycles. The monoisotopic (exact) mass is 268 g/mol. The number of esters is 1. The van der Waals surface area contributed by atoms with Crippen LogP contribution in [-0.4, -0.2) is 48.4 Å². The number of carbonyl (C=O) groups is 3. The molecule has 1 saturated carbocycles. The normalized spacial score (nSPS) is 24.3. The van der Waals surface area contributed by atoms with Gasteiger partial charge in [0.05, 0.1) is 26.0 Å². The van der Waals surface area contributed by atoms with Gasteiger partial charge in [-0.05, 0) is 12.8 Å². The van der Waals surface area contributed by atoms with Crippen molar-refractivity contribution in [2.75, 3.05) is 13.7 Å². The Balaban J connectivity index is 1.85. The van der Waals surface area contributed by atoms with E-state index in [0.717, 1.165) is 25.7 Å². The van der Waals surface area contributed by atoms with Gasteiger partial charge in [-0.15, -0.1) is 0 Å². The van der Waals surface area contributed by atoms with Crippen molar-refractivity contribution in [1.29, 1.82) is 0 Å². The molecular weight excluding hydrogens is 248 g/mol. The van der Waals surface area contributed by atoms with Crippen molar-refractivity contribution in [2.45, 2.75) is 50.6 Å². The summed E-state index contributed by atoms with van der Waals surface area (Å²) in [6.07, 6.45) is 4.43. The molecule has 19 heavy (non-hydrogen) atoms. The Labute approximate surface area is 112 Å². The van der Waals surface area contributed by atoms with Crippen molar-refractivity contribution in [2.24, 2.45) is 0 Å². The van der Waals surface area contributed by atoms with E-state index in [1.54, 1.807) is 0 Å². The molecule has 1 aliphatic carbocycles. The molecule has 0 aromatic rings. The summed E-state index contributed by atoms with van der Waals surface area (Å²) in [5.41, 5.74) is 0. The Kier molecular flexibility index (Phi) is 4.52. The molecule has 0 spiro atoms. The summed E-state index contributed by atoms with van der Waals surface area (Å²) in [7, 11) is 1.33. The Hall–Kier alpha value is -1.43. The molecule has 1 aliphatic heterocycles. The third kappa shape index (κ3) is 3.12. The SMILES string of the molecule is COC(=O)CCNC1CC(=O)N(C2CCCC2)C1=O. The largest absolute Gasteiger partial charge is 0.469 e. The van der Waals surface area contributed by atoms with Crippen LogP contribution in [0.3, 0.4) is 0 Å². The highest BCUT2D eigenvalue weighted by atomic mass is 16.5. The summed E-state index contributed by atoms with van der Waals surface area (Å²) in [5.74, 6) is -0.550. The standard InChI is InChI=1S/C13H20N2O4/c1-19-12(17)6-7-14-10-8-11(16)15(13(10)18)9-4-2-3-5-9/h9-10,14H,2-8H2,1H3. The molecule has 1 unspecified atom stereocenters. The second kappa shape index (κ2) is 6.14. The second-order valence-corrected chi connectivity index (χ2v) is 5.08. The van der Waals surface area contributed by atoms with E-state index in [-0.39, 0.29) is 36.7 Å². The van der Waals surface area contributed by atoms with Gasteiger partial charge in [-0.2, -0.15) is 0 Å². The van der Waals surface area contributed by atoms with E-state index >= 15 is 0 Å². The molecule has 0 aromatic carbocycles. The molecule has 106 valence electrons. The van der Waals surface area contributed by atoms with Gasteiger partial charge in [0.1, 0.15) is 0 Å². The van der Waals surface area contributed by atoms with Crippen LogP contribution in [0.4, 0.5) is 0 Å². The van der Waals surface area contributed by atoms with Crippen LogP contribution < -0.4 is 5.32 Å². The number of nitrogens with one attached hydrogen (secondary N) is 1. The molecule has 1 heterocycles. The summed E-state index contributed by atoms with van der Waals surface area (Å²) in [4.78, 5) is 36.5. The third-order valence-electron chi connectivity index (χ3n) is 3.82. The number of methoxy groups -OCH3 is 1. The number of nitrogens with zero attached hydrogens (tertiary/aromatic N) is 1. The van der Waals surface area contributed by atoms with Crippen LogP contribution in [0.1, 0.15) is 38.5 Å². The molecule has 0 bridgehead atoms. The number of ether oxygens (including phenoxy) is 1. The van der Waals surface area contributed by atoms with Crippen LogP contribution in [0.2, 0.25) is 0 Å². The number of rotatable bonds is 5. The van der Waals surface area contributed by atoms with Gasteiger partial charge in [0.25, 0.3) is 0 Å². The lowest BCUT2D eigenvalue weighted by atomic mass is 10.2. The number of likely N-dealkylation sites (tertiary alicyclic amines) is 1. The van der Waals surface area contributed by atoms with Gasteiger partial charge in [0.2, 0.25) is 11.8 Å². The number of carbonyl (C=O) groups excluding carboxylic acids is 3. The van der Waals surface area contributed by atoms with Crippen LogP contribution >= 0.6 is 0 Å². The quantitative estimate of drug-likeness (QED) is 0.570. The smallest absolute Gasteiger partial charge is 0.306 e. The molecule has 2 fully saturated rings. The van der Waals surface area contributed by atoms with E-state index < -0.39 is 6.04 Å². The van der Waals surface area contributed by atoms with E-state index in [9.17, 15) is 14.4 Å². The maximum Gasteiger partial charge on any atom is 0.306 e. The van der Waals surface area contributed by atoms with Crippen molar-refractivity contribution in [1.82, 2.24) is 10.2 Å². The Bertz CT molecular complexity index is 377. The summed E-state index contributed by atoms with van der Waals surface area (Å²) in [6, 6.07) is -0.384. The molecule has 0 aromatic heterocycles. The van der Waals surface area contributed by atoms with Gasteiger partial charge in [-0.3, -0.25) is 19.3 Å². The van der Waals surface area contributed by atoms with Crippen molar-refractivity contribution in [3.8, 4) is 0 Å². The van der Waals surface area contributed by atoms with Crippen LogP contribution in [0.25, 0.3) is 0 Å². The summed E-state index contributed by atoms with van der Waals surface area (Å²) in [6.45, 7) is 0.356. The fourth-order valence-electron chi connectivity index (χ4n) is 2.81. The highest BCUT2D eigenvalue weighted by Crippen LogP contribution is 2.28. The Morgan fingerprint density at radius 2 is 2.05 bits per heavy atom. The first-order chi connectivity index (χ1) is 9.13. The molecule has 0 radical (unpaired) electrons. The lowest BCUT2D eigenvalue weighted by Gasteiger charge is -2.22. The highest BCUT2D eigenvalue weighted by Gasteiger charge is 2.42. The molecule has 1 N–H and O–H groups in total. The topological polar surface area (TPSA) is 75.7 Å². The van der Waals surface area contributed by atoms with Crippen LogP contribution in [0.5, 0.6) is 0 Å². The first kappa shape index (κ1) is 14.0. The Morgan fingerprint density at radius 1 is 1.37 bits per heavy atom. The lowest BCUT2D eigenvalue weighted by molar-refractivity contribution is -0.142. The van der Waals surface area contributed by atoms with Gasteiger partial charge in [-0.25, -0.2) is 0 Å². The summed E-state index contributed by atoms with van der Waals surface area (Å²) in [5, 5.41) is 2.97. The average molecular weight is 268 g/mol. The minimum Gasteiger partial charge on any atom is -0.469 e. The number of hydrogen-bond acceptors (Lipinski definition) is 5. The van der Waals surface area contributed by atoms with Crippen molar-refractivity contribution < 1.29 is 19.1 Å². The van der Waals surface area contributed by atoms with Crippen molar-refractivity contribution in [3.63, 3.8) is 0 Å². The van der Waals surface area contributed by atoms with E-state index in [1.165, 1.54) is 12.0 Å². The third-order valence-corrected chi connectivity index (χ3v) is 3.82. The van der Waals surface area contributed by atoms with Gasteiger partial charge in [0, 0.05) is 12.6 Å². The van der Waals surface area contributed by atoms with E-state index in [0.29, 0.717) is 6.54 Å². The summed E-state index contributed by atoms with van der Waals surface area (Å²) < 4.78 is 4.52. The fraction of sp³-hybridized carbons (Fsp3) is 0.769. The van der Waals surface area contributed by atoms with Gasteiger partial charge in [0.15, 0.2) is 0 Å². The van der Waals surface area contributed by atoms with Gasteiger partial charge in [-0.1, -0.05) is 12.8 Å². The zero-order chi connectivity index (χ0) is 13.8. The first-order valence-electron chi connectivity index (χ1n) is 6.79. The van der Waals surface area contributed by atoms with E-state index in [1.807, 2.05) is 0 Å². The molecule has 1 atom stereocenters. The minimum atomic E-state index is -0.474. The van der Waals surface area contributed by atoms with E-state index in [4.69, 9.17) is 0 Å². The minimum absolute atomic E-state index is 0.0902. The zero-order valence-electron chi connectivity index (χ0n) is 11.2. The van der Waals surface area contributed by atoms with Gasteiger partial charge < -0.3 is 10.1 Å². The molecule has 2 rings (SSSR count). The second-order valence-electron chi connectivity index (χ2n) is 5.08. The number of hydrogen-bond donors (Lipinski definition) is 1. The van der Waals surface area contributed by atoms with E-state index in [2.05, 4.69) is 10.1 Å². The molecule has 2 amide bonds. The first-order valence-corrected chi connectivity index (χ1v) is 6.79. The highest BCUT2D eigenvalue weighted by molar-refractivity contribution is 6.05. The number of imide groups is 1. The number of amides is 2. The van der Waals surface area contributed by atoms with Crippen molar-refractivity contribution in [3.05, 3.63) is 0 Å². The van der Waals surface area contributed by atoms with Gasteiger partial charge >= 0.3 is 5.97 Å². The molecule has 2 aliphatic rings. The van der Waals surface area contributed by atoms with Crippen molar-refractivity contribution >= 4 is 17.8 Å². The van der Waals surface area contributed by atoms with Crippen LogP contribution in [-0.2, 0) is 19.1 Å². The lowest BCUT2D eigenvalue weighted by Crippen LogP contribution is -2.43. The van der Waals surface area contributed by atoms with Crippen LogP contribution in [0, 0.1) is 0 Å². The molecular formula is C13H20N2O4. The maximum atomic E-state index is 12.2. The predicted octanol–water partition coefficient (Wildman–Crippen LogP) is 0.209. The van der Waals surface area contributed by atoms with Crippen LogP contribution in [0.15, 0.2) is 0 Å². The molecule has 6 nitrogen and oxygen atoms in total. The predicted molar refractivity (Wildman–Crippen MR) is 67.1 cm³/mol. The molecule has 6 heteroatoms. The Morgan fingerprint density at radius 3 is 2.68 bits per heavy atom. The summed E-state index contributed by atoms with van der Waals surface area (Å²) >= 11 is 0. The average Bonchev–Trinajstić information content (AvgIpc) is 2.98.